The molecule has 0 spiro atoms. The normalized spacial score (nSPS) is 13.2. The van der Waals surface area contributed by atoms with Crippen molar-refractivity contribution in [2.45, 2.75) is 52.4 Å². The quantitative estimate of drug-likeness (QED) is 0.506. The highest BCUT2D eigenvalue weighted by Gasteiger charge is 2.31. The Morgan fingerprint density at radius 2 is 1.50 bits per heavy atom. The molecule has 0 aromatic heterocycles. The fourth-order valence-electron chi connectivity index (χ4n) is 2.78. The molecular formula is C21H23NO2. The lowest BCUT2D eigenvalue weighted by molar-refractivity contribution is 0.347. The van der Waals surface area contributed by atoms with E-state index in [4.69, 9.17) is 9.47 Å². The topological polar surface area (TPSA) is 42.2 Å². The molecule has 0 N–H and O–H groups in total. The van der Waals surface area contributed by atoms with Crippen molar-refractivity contribution in [2.24, 2.45) is 0 Å². The molecule has 2 aromatic carbocycles. The first kappa shape index (κ1) is 16.4. The van der Waals surface area contributed by atoms with Crippen molar-refractivity contribution in [2.75, 3.05) is 0 Å². The second kappa shape index (κ2) is 5.27. The second-order valence-electron chi connectivity index (χ2n) is 8.30. The predicted molar refractivity (Wildman–Crippen MR) is 95.1 cm³/mol. The average molecular weight is 321 g/mol. The van der Waals surface area contributed by atoms with Crippen LogP contribution in [0.25, 0.3) is 0 Å². The number of hydrogen-bond acceptors (Lipinski definition) is 3. The van der Waals surface area contributed by atoms with E-state index < -0.39 is 0 Å². The molecule has 0 fully saturated rings. The Labute approximate surface area is 143 Å². The van der Waals surface area contributed by atoms with Crippen LogP contribution in [0.4, 0.5) is 0 Å². The lowest BCUT2D eigenvalue weighted by atomic mass is 9.80. The Morgan fingerprint density at radius 1 is 0.833 bits per heavy atom. The van der Waals surface area contributed by atoms with Gasteiger partial charge in [-0.15, -0.1) is 0 Å². The Bertz CT molecular complexity index is 846. The van der Waals surface area contributed by atoms with E-state index in [1.807, 2.05) is 18.2 Å². The van der Waals surface area contributed by atoms with Crippen LogP contribution >= 0.6 is 0 Å². The van der Waals surface area contributed by atoms with Gasteiger partial charge in [0.15, 0.2) is 23.0 Å². The van der Waals surface area contributed by atoms with E-state index in [-0.39, 0.29) is 10.8 Å². The number of ether oxygens (including phenoxy) is 2. The maximum atomic E-state index is 9.32. The van der Waals surface area contributed by atoms with Crippen LogP contribution in [0, 0.1) is 11.3 Å². The van der Waals surface area contributed by atoms with Crippen LogP contribution in [0.15, 0.2) is 30.3 Å². The minimum absolute atomic E-state index is 0.00653. The first-order valence-corrected chi connectivity index (χ1v) is 8.19. The van der Waals surface area contributed by atoms with Crippen molar-refractivity contribution < 1.29 is 9.47 Å². The Kier molecular flexibility index (Phi) is 3.60. The van der Waals surface area contributed by atoms with Crippen LogP contribution in [0.2, 0.25) is 0 Å². The largest absolute Gasteiger partial charge is 0.449 e. The highest BCUT2D eigenvalue weighted by atomic mass is 16.6. The first-order chi connectivity index (χ1) is 11.1. The monoisotopic (exact) mass is 321 g/mol. The molecule has 1 heterocycles. The molecule has 24 heavy (non-hydrogen) atoms. The number of nitriles is 1. The van der Waals surface area contributed by atoms with Gasteiger partial charge in [0, 0.05) is 5.56 Å². The molecule has 0 radical (unpaired) electrons. The van der Waals surface area contributed by atoms with Crippen LogP contribution in [-0.4, -0.2) is 0 Å². The summed E-state index contributed by atoms with van der Waals surface area (Å²) < 4.78 is 12.3. The van der Waals surface area contributed by atoms with Crippen molar-refractivity contribution >= 4 is 0 Å². The Hall–Kier alpha value is -2.47. The molecule has 1 aliphatic heterocycles. The van der Waals surface area contributed by atoms with Crippen LogP contribution in [0.1, 0.15) is 58.2 Å². The summed E-state index contributed by atoms with van der Waals surface area (Å²) in [7, 11) is 0. The zero-order valence-corrected chi connectivity index (χ0v) is 15.2. The van der Waals surface area contributed by atoms with Gasteiger partial charge in [-0.1, -0.05) is 53.7 Å². The van der Waals surface area contributed by atoms with Crippen LogP contribution in [-0.2, 0) is 10.8 Å². The molecular weight excluding hydrogens is 298 g/mol. The molecule has 1 aliphatic rings. The molecule has 124 valence electrons. The summed E-state index contributed by atoms with van der Waals surface area (Å²) in [6.45, 7) is 13.0. The zero-order valence-electron chi connectivity index (χ0n) is 15.2. The van der Waals surface area contributed by atoms with E-state index in [1.165, 1.54) is 5.56 Å². The summed E-state index contributed by atoms with van der Waals surface area (Å²) in [6.07, 6.45) is 0. The third kappa shape index (κ3) is 2.73. The van der Waals surface area contributed by atoms with Gasteiger partial charge in [0.2, 0.25) is 0 Å². The van der Waals surface area contributed by atoms with E-state index in [2.05, 4.69) is 53.7 Å². The summed E-state index contributed by atoms with van der Waals surface area (Å²) in [5.41, 5.74) is 2.69. The number of nitrogens with zero attached hydrogens (tertiary/aromatic N) is 1. The third-order valence-electron chi connectivity index (χ3n) is 4.25. The Balaban J connectivity index is 2.24. The lowest BCUT2D eigenvalue weighted by Crippen LogP contribution is -2.19. The van der Waals surface area contributed by atoms with E-state index >= 15 is 0 Å². The molecule has 0 saturated carbocycles. The maximum absolute atomic E-state index is 9.32. The van der Waals surface area contributed by atoms with E-state index in [9.17, 15) is 5.26 Å². The summed E-state index contributed by atoms with van der Waals surface area (Å²) in [5.74, 6) is 2.52. The second-order valence-corrected chi connectivity index (χ2v) is 8.30. The molecule has 0 amide bonds. The maximum Gasteiger partial charge on any atom is 0.187 e. The van der Waals surface area contributed by atoms with Crippen LogP contribution in [0.5, 0.6) is 23.0 Å². The standard InChI is InChI=1S/C21H23NO2/c1-20(2,3)14-10-15(21(4,5)6)19-17(11-14)24-18-13(12-22)8-7-9-16(18)23-19/h7-11H,1-6H3. The SMILES string of the molecule is CC(C)(C)c1cc2c(c(C(C)(C)C)c1)Oc1cccc(C#N)c1O2. The number of benzene rings is 2. The summed E-state index contributed by atoms with van der Waals surface area (Å²) >= 11 is 0. The number of fused-ring (bicyclic) bond motifs is 2. The van der Waals surface area contributed by atoms with Crippen molar-refractivity contribution in [1.29, 1.82) is 5.26 Å². The zero-order chi connectivity index (χ0) is 17.7. The lowest BCUT2D eigenvalue weighted by Gasteiger charge is -2.31. The van der Waals surface area contributed by atoms with Crippen molar-refractivity contribution in [3.63, 3.8) is 0 Å². The van der Waals surface area contributed by atoms with E-state index in [0.29, 0.717) is 22.8 Å². The molecule has 0 saturated heterocycles. The van der Waals surface area contributed by atoms with Gasteiger partial charge in [-0.2, -0.15) is 5.26 Å². The highest BCUT2D eigenvalue weighted by Crippen LogP contribution is 2.51. The molecule has 3 rings (SSSR count). The van der Waals surface area contributed by atoms with Crippen LogP contribution < -0.4 is 9.47 Å². The van der Waals surface area contributed by atoms with Gasteiger partial charge in [-0.05, 0) is 34.6 Å². The van der Waals surface area contributed by atoms with Gasteiger partial charge < -0.3 is 9.47 Å². The summed E-state index contributed by atoms with van der Waals surface area (Å²) in [5, 5.41) is 9.32. The molecule has 0 aliphatic carbocycles. The molecule has 0 bridgehead atoms. The highest BCUT2D eigenvalue weighted by molar-refractivity contribution is 5.64. The first-order valence-electron chi connectivity index (χ1n) is 8.19. The minimum Gasteiger partial charge on any atom is -0.449 e. The van der Waals surface area contributed by atoms with Gasteiger partial charge in [0.05, 0.1) is 5.56 Å². The molecule has 3 heteroatoms. The fourth-order valence-corrected chi connectivity index (χ4v) is 2.78. The van der Waals surface area contributed by atoms with Crippen molar-refractivity contribution in [1.82, 2.24) is 0 Å². The minimum atomic E-state index is -0.0843. The number of rotatable bonds is 0. The third-order valence-corrected chi connectivity index (χ3v) is 4.25. The van der Waals surface area contributed by atoms with Gasteiger partial charge in [0.25, 0.3) is 0 Å². The number of para-hydroxylation sites is 1. The fraction of sp³-hybridized carbons (Fsp3) is 0.381. The average Bonchev–Trinajstić information content (AvgIpc) is 2.49. The van der Waals surface area contributed by atoms with Gasteiger partial charge >= 0.3 is 0 Å². The summed E-state index contributed by atoms with van der Waals surface area (Å²) in [6, 6.07) is 11.8. The molecule has 3 nitrogen and oxygen atoms in total. The number of hydrogen-bond donors (Lipinski definition) is 0. The molecule has 0 unspecified atom stereocenters. The van der Waals surface area contributed by atoms with E-state index in [0.717, 1.165) is 11.3 Å². The van der Waals surface area contributed by atoms with Gasteiger partial charge in [0.1, 0.15) is 6.07 Å². The van der Waals surface area contributed by atoms with Gasteiger partial charge in [-0.25, -0.2) is 0 Å². The van der Waals surface area contributed by atoms with Crippen molar-refractivity contribution in [3.05, 3.63) is 47.0 Å². The van der Waals surface area contributed by atoms with E-state index in [1.54, 1.807) is 6.07 Å². The Morgan fingerprint density at radius 3 is 2.08 bits per heavy atom. The molecule has 2 aromatic rings. The molecule has 0 atom stereocenters. The summed E-state index contributed by atoms with van der Waals surface area (Å²) in [4.78, 5) is 0. The van der Waals surface area contributed by atoms with Crippen molar-refractivity contribution in [3.8, 4) is 29.1 Å². The van der Waals surface area contributed by atoms with Gasteiger partial charge in [-0.3, -0.25) is 0 Å². The van der Waals surface area contributed by atoms with Crippen LogP contribution in [0.3, 0.4) is 0 Å². The smallest absolute Gasteiger partial charge is 0.187 e. The predicted octanol–water partition coefficient (Wildman–Crippen LogP) is 6.05.